The van der Waals surface area contributed by atoms with Crippen molar-refractivity contribution in [2.24, 2.45) is 5.73 Å². The van der Waals surface area contributed by atoms with Gasteiger partial charge in [-0.05, 0) is 19.4 Å². The Bertz CT molecular complexity index is 307. The molecule has 2 N–H and O–H groups in total. The third kappa shape index (κ3) is 2.18. The van der Waals surface area contributed by atoms with Crippen LogP contribution < -0.4 is 5.73 Å². The maximum absolute atomic E-state index is 5.99. The maximum Gasteiger partial charge on any atom is 0.109 e. The van der Waals surface area contributed by atoms with Gasteiger partial charge < -0.3 is 10.2 Å². The predicted molar refractivity (Wildman–Crippen MR) is 59.4 cm³/mol. The van der Waals surface area contributed by atoms with Gasteiger partial charge in [-0.2, -0.15) is 0 Å². The average molecular weight is 195 g/mol. The first-order chi connectivity index (χ1) is 6.36. The molecule has 0 aliphatic heterocycles. The molecule has 1 rings (SSSR count). The van der Waals surface area contributed by atoms with Crippen molar-refractivity contribution in [1.82, 2.24) is 0 Å². The molecule has 0 amide bonds. The average Bonchev–Trinajstić information content (AvgIpc) is 2.45. The largest absolute Gasteiger partial charge is 0.465 e. The molecule has 14 heavy (non-hydrogen) atoms. The van der Waals surface area contributed by atoms with E-state index in [1.54, 1.807) is 0 Å². The Kier molecular flexibility index (Phi) is 3.05. The molecule has 0 radical (unpaired) electrons. The molecule has 0 aliphatic carbocycles. The van der Waals surface area contributed by atoms with E-state index in [0.717, 1.165) is 23.5 Å². The van der Waals surface area contributed by atoms with Gasteiger partial charge in [-0.1, -0.05) is 27.7 Å². The second kappa shape index (κ2) is 3.77. The molecule has 0 saturated carbocycles. The van der Waals surface area contributed by atoms with Crippen molar-refractivity contribution in [3.05, 3.63) is 23.2 Å². The molecule has 0 unspecified atom stereocenters. The third-order valence-electron chi connectivity index (χ3n) is 2.53. The van der Waals surface area contributed by atoms with E-state index in [2.05, 4.69) is 33.8 Å². The number of hydrogen-bond donors (Lipinski definition) is 1. The normalized spacial score (nSPS) is 14.4. The van der Waals surface area contributed by atoms with Crippen molar-refractivity contribution in [3.8, 4) is 0 Å². The Morgan fingerprint density at radius 2 is 2.00 bits per heavy atom. The van der Waals surface area contributed by atoms with Crippen LogP contribution in [0.1, 0.15) is 57.2 Å². The van der Waals surface area contributed by atoms with Gasteiger partial charge in [0.25, 0.3) is 0 Å². The molecule has 80 valence electrons. The van der Waals surface area contributed by atoms with Crippen LogP contribution in [0.2, 0.25) is 0 Å². The number of nitrogens with two attached hydrogens (primary N) is 1. The van der Waals surface area contributed by atoms with E-state index in [-0.39, 0.29) is 11.5 Å². The summed E-state index contributed by atoms with van der Waals surface area (Å²) in [6, 6.07) is 2.21. The Balaban J connectivity index is 3.05. The fourth-order valence-electron chi connectivity index (χ4n) is 1.45. The first-order valence-electron chi connectivity index (χ1n) is 5.22. The van der Waals surface area contributed by atoms with E-state index in [1.165, 1.54) is 0 Å². The summed E-state index contributed by atoms with van der Waals surface area (Å²) in [4.78, 5) is 0. The first-order valence-corrected chi connectivity index (χ1v) is 5.22. The zero-order valence-corrected chi connectivity index (χ0v) is 9.85. The van der Waals surface area contributed by atoms with Gasteiger partial charge in [0.05, 0.1) is 0 Å². The van der Waals surface area contributed by atoms with Crippen molar-refractivity contribution in [1.29, 1.82) is 0 Å². The van der Waals surface area contributed by atoms with E-state index >= 15 is 0 Å². The summed E-state index contributed by atoms with van der Waals surface area (Å²) < 4.78 is 5.72. The fourth-order valence-corrected chi connectivity index (χ4v) is 1.45. The van der Waals surface area contributed by atoms with E-state index in [4.69, 9.17) is 10.2 Å². The minimum absolute atomic E-state index is 0.0659. The van der Waals surface area contributed by atoms with Crippen LogP contribution >= 0.6 is 0 Å². The molecule has 1 aromatic heterocycles. The highest BCUT2D eigenvalue weighted by molar-refractivity contribution is 5.27. The maximum atomic E-state index is 5.99. The van der Waals surface area contributed by atoms with Gasteiger partial charge in [0.15, 0.2) is 0 Å². The minimum atomic E-state index is 0.0659. The molecule has 1 atom stereocenters. The van der Waals surface area contributed by atoms with Gasteiger partial charge in [0.2, 0.25) is 0 Å². The highest BCUT2D eigenvalue weighted by Crippen LogP contribution is 2.30. The van der Waals surface area contributed by atoms with Crippen LogP contribution in [0.25, 0.3) is 0 Å². The molecule has 0 aliphatic rings. The van der Waals surface area contributed by atoms with Crippen LogP contribution in [0.5, 0.6) is 0 Å². The van der Waals surface area contributed by atoms with Gasteiger partial charge in [0.1, 0.15) is 11.5 Å². The van der Waals surface area contributed by atoms with Crippen molar-refractivity contribution in [2.45, 2.75) is 52.5 Å². The van der Waals surface area contributed by atoms with Gasteiger partial charge in [-0.15, -0.1) is 0 Å². The van der Waals surface area contributed by atoms with E-state index < -0.39 is 0 Å². The molecule has 0 saturated heterocycles. The smallest absolute Gasteiger partial charge is 0.109 e. The number of aryl methyl sites for hydroxylation is 1. The van der Waals surface area contributed by atoms with Crippen LogP contribution in [-0.4, -0.2) is 0 Å². The molecule has 2 nitrogen and oxygen atoms in total. The number of hydrogen-bond acceptors (Lipinski definition) is 2. The molecule has 0 aromatic carbocycles. The quantitative estimate of drug-likeness (QED) is 0.786. The van der Waals surface area contributed by atoms with E-state index in [9.17, 15) is 0 Å². The lowest BCUT2D eigenvalue weighted by Crippen LogP contribution is -2.10. The van der Waals surface area contributed by atoms with Crippen LogP contribution in [0.4, 0.5) is 0 Å². The summed E-state index contributed by atoms with van der Waals surface area (Å²) >= 11 is 0. The molecular formula is C12H21NO. The zero-order valence-electron chi connectivity index (χ0n) is 9.85. The fraction of sp³-hybridized carbons (Fsp3) is 0.667. The summed E-state index contributed by atoms with van der Waals surface area (Å²) in [6.45, 7) is 10.5. The van der Waals surface area contributed by atoms with Gasteiger partial charge >= 0.3 is 0 Å². The summed E-state index contributed by atoms with van der Waals surface area (Å²) in [5.41, 5.74) is 7.21. The molecular weight excluding hydrogens is 174 g/mol. The van der Waals surface area contributed by atoms with Crippen molar-refractivity contribution in [2.75, 3.05) is 0 Å². The molecule has 0 fully saturated rings. The lowest BCUT2D eigenvalue weighted by Gasteiger charge is -2.13. The molecule has 1 heterocycles. The summed E-state index contributed by atoms with van der Waals surface area (Å²) in [5, 5.41) is 0. The SMILES string of the molecule is CC[C@@H](N)c1cc(C(C)(C)C)oc1C. The van der Waals surface area contributed by atoms with Crippen molar-refractivity contribution in [3.63, 3.8) is 0 Å². The predicted octanol–water partition coefficient (Wildman–Crippen LogP) is 3.30. The monoisotopic (exact) mass is 195 g/mol. The van der Waals surface area contributed by atoms with Crippen LogP contribution in [-0.2, 0) is 5.41 Å². The van der Waals surface area contributed by atoms with Crippen LogP contribution in [0.15, 0.2) is 10.5 Å². The van der Waals surface area contributed by atoms with Crippen LogP contribution in [0.3, 0.4) is 0 Å². The van der Waals surface area contributed by atoms with Crippen molar-refractivity contribution < 1.29 is 4.42 Å². The Morgan fingerprint density at radius 1 is 1.43 bits per heavy atom. The summed E-state index contributed by atoms with van der Waals surface area (Å²) in [6.07, 6.45) is 0.948. The van der Waals surface area contributed by atoms with Gasteiger partial charge in [-0.3, -0.25) is 0 Å². The minimum Gasteiger partial charge on any atom is -0.465 e. The molecule has 0 bridgehead atoms. The molecule has 0 spiro atoms. The van der Waals surface area contributed by atoms with Gasteiger partial charge in [0, 0.05) is 17.0 Å². The Morgan fingerprint density at radius 3 is 2.36 bits per heavy atom. The Labute approximate surface area is 86.5 Å². The zero-order chi connectivity index (χ0) is 10.9. The lowest BCUT2D eigenvalue weighted by molar-refractivity contribution is 0.394. The van der Waals surface area contributed by atoms with E-state index in [1.807, 2.05) is 6.92 Å². The Hall–Kier alpha value is -0.760. The first kappa shape index (κ1) is 11.3. The number of furan rings is 1. The standard InChI is InChI=1S/C12H21NO/c1-6-10(13)9-7-11(12(3,4)5)14-8(9)2/h7,10H,6,13H2,1-5H3/t10-/m1/s1. The van der Waals surface area contributed by atoms with Crippen LogP contribution in [0, 0.1) is 6.92 Å². The second-order valence-electron chi connectivity index (χ2n) is 4.89. The van der Waals surface area contributed by atoms with Gasteiger partial charge in [-0.25, -0.2) is 0 Å². The third-order valence-corrected chi connectivity index (χ3v) is 2.53. The van der Waals surface area contributed by atoms with E-state index in [0.29, 0.717) is 0 Å². The number of rotatable bonds is 2. The highest BCUT2D eigenvalue weighted by atomic mass is 16.3. The highest BCUT2D eigenvalue weighted by Gasteiger charge is 2.21. The van der Waals surface area contributed by atoms with Crippen molar-refractivity contribution >= 4 is 0 Å². The summed E-state index contributed by atoms with van der Waals surface area (Å²) in [7, 11) is 0. The molecule has 2 heteroatoms. The summed E-state index contributed by atoms with van der Waals surface area (Å²) in [5.74, 6) is 1.98. The topological polar surface area (TPSA) is 39.2 Å². The lowest BCUT2D eigenvalue weighted by atomic mass is 9.92. The second-order valence-corrected chi connectivity index (χ2v) is 4.89. The molecule has 1 aromatic rings.